The molecule has 6 nitrogen and oxygen atoms in total. The molecule has 0 radical (unpaired) electrons. The van der Waals surface area contributed by atoms with Gasteiger partial charge in [0.15, 0.2) is 0 Å². The van der Waals surface area contributed by atoms with Crippen molar-refractivity contribution in [1.82, 2.24) is 9.21 Å². The molecule has 2 fully saturated rings. The number of nitrogens with zero attached hydrogens (tertiary/aromatic N) is 3. The molecule has 2 aromatic carbocycles. The van der Waals surface area contributed by atoms with Crippen molar-refractivity contribution in [2.24, 2.45) is 0 Å². The molecule has 160 valence electrons. The highest BCUT2D eigenvalue weighted by atomic mass is 32.2. The minimum Gasteiger partial charge on any atom is -0.368 e. The molecule has 4 rings (SSSR count). The smallest absolute Gasteiger partial charge is 0.221 e. The zero-order chi connectivity index (χ0) is 21.3. The summed E-state index contributed by atoms with van der Waals surface area (Å²) in [6.45, 7) is 4.51. The van der Waals surface area contributed by atoms with Gasteiger partial charge in [-0.05, 0) is 24.1 Å². The van der Waals surface area contributed by atoms with Gasteiger partial charge in [-0.25, -0.2) is 12.8 Å². The summed E-state index contributed by atoms with van der Waals surface area (Å²) in [6.07, 6.45) is 0.506. The Morgan fingerprint density at radius 3 is 2.37 bits per heavy atom. The highest BCUT2D eigenvalue weighted by Crippen LogP contribution is 2.36. The van der Waals surface area contributed by atoms with Gasteiger partial charge in [0.05, 0.1) is 0 Å². The minimum atomic E-state index is -3.52. The highest BCUT2D eigenvalue weighted by Gasteiger charge is 2.39. The number of anilines is 1. The van der Waals surface area contributed by atoms with Gasteiger partial charge in [-0.15, -0.1) is 0 Å². The topological polar surface area (TPSA) is 60.9 Å². The summed E-state index contributed by atoms with van der Waals surface area (Å²) in [5.74, 6) is -0.350. The Morgan fingerprint density at radius 1 is 1.03 bits per heavy atom. The first-order valence-electron chi connectivity index (χ1n) is 10.2. The van der Waals surface area contributed by atoms with Gasteiger partial charge in [-0.2, -0.15) is 4.31 Å². The monoisotopic (exact) mass is 431 g/mol. The molecule has 0 N–H and O–H groups in total. The summed E-state index contributed by atoms with van der Waals surface area (Å²) in [5, 5.41) is -0.571. The van der Waals surface area contributed by atoms with E-state index in [4.69, 9.17) is 0 Å². The lowest BCUT2D eigenvalue weighted by Crippen LogP contribution is -2.48. The van der Waals surface area contributed by atoms with E-state index in [0.717, 1.165) is 11.3 Å². The van der Waals surface area contributed by atoms with Crippen LogP contribution in [0.25, 0.3) is 0 Å². The van der Waals surface area contributed by atoms with Gasteiger partial charge in [0.2, 0.25) is 15.9 Å². The number of carbonyl (C=O) groups is 1. The minimum absolute atomic E-state index is 0.0376. The summed E-state index contributed by atoms with van der Waals surface area (Å²) in [5.41, 5.74) is 1.91. The van der Waals surface area contributed by atoms with E-state index in [1.807, 2.05) is 41.3 Å². The van der Waals surface area contributed by atoms with Crippen LogP contribution in [0, 0.1) is 5.82 Å². The summed E-state index contributed by atoms with van der Waals surface area (Å²) in [4.78, 5) is 15.3. The number of benzene rings is 2. The summed E-state index contributed by atoms with van der Waals surface area (Å²) in [7, 11) is -3.52. The molecule has 0 saturated carbocycles. The predicted octanol–water partition coefficient (Wildman–Crippen LogP) is 2.77. The first-order chi connectivity index (χ1) is 14.4. The number of halogens is 1. The molecule has 30 heavy (non-hydrogen) atoms. The van der Waals surface area contributed by atoms with Crippen molar-refractivity contribution in [2.75, 3.05) is 37.6 Å². The van der Waals surface area contributed by atoms with E-state index in [2.05, 4.69) is 0 Å². The summed E-state index contributed by atoms with van der Waals surface area (Å²) < 4.78 is 42.2. The van der Waals surface area contributed by atoms with Crippen molar-refractivity contribution < 1.29 is 17.6 Å². The molecule has 1 atom stereocenters. The molecule has 2 aliphatic heterocycles. The summed E-state index contributed by atoms with van der Waals surface area (Å²) >= 11 is 0. The van der Waals surface area contributed by atoms with Crippen molar-refractivity contribution in [3.8, 4) is 0 Å². The Labute approximate surface area is 176 Å². The van der Waals surface area contributed by atoms with E-state index in [0.29, 0.717) is 44.7 Å². The van der Waals surface area contributed by atoms with E-state index in [9.17, 15) is 17.6 Å². The molecule has 1 amide bonds. The SMILES string of the molecule is CC(=O)N1CCN(c2ccc(CN3CCC(c4ccccc4)S3(=O)=O)c(F)c2)CC1. The Balaban J connectivity index is 1.45. The van der Waals surface area contributed by atoms with Gasteiger partial charge in [-0.1, -0.05) is 36.4 Å². The van der Waals surface area contributed by atoms with Crippen molar-refractivity contribution in [3.05, 3.63) is 65.5 Å². The fraction of sp³-hybridized carbons (Fsp3) is 0.409. The van der Waals surface area contributed by atoms with Crippen LogP contribution in [0.2, 0.25) is 0 Å². The number of hydrogen-bond donors (Lipinski definition) is 0. The molecule has 8 heteroatoms. The van der Waals surface area contributed by atoms with Crippen molar-refractivity contribution in [2.45, 2.75) is 25.1 Å². The van der Waals surface area contributed by atoms with Crippen LogP contribution in [-0.4, -0.2) is 56.3 Å². The quantitative estimate of drug-likeness (QED) is 0.747. The Bertz CT molecular complexity index is 1020. The first kappa shape index (κ1) is 20.8. The maximum absolute atomic E-state index is 14.8. The number of amides is 1. The number of rotatable bonds is 4. The normalized spacial score (nSPS) is 21.7. The van der Waals surface area contributed by atoms with Crippen LogP contribution in [-0.2, 0) is 21.4 Å². The molecule has 2 aliphatic rings. The van der Waals surface area contributed by atoms with Gasteiger partial charge in [0.25, 0.3) is 0 Å². The first-order valence-corrected chi connectivity index (χ1v) is 11.7. The van der Waals surface area contributed by atoms with E-state index >= 15 is 0 Å². The lowest BCUT2D eigenvalue weighted by Gasteiger charge is -2.35. The van der Waals surface area contributed by atoms with Crippen LogP contribution in [0.1, 0.15) is 29.7 Å². The third-order valence-electron chi connectivity index (χ3n) is 6.00. The third kappa shape index (κ3) is 4.06. The van der Waals surface area contributed by atoms with Crippen molar-refractivity contribution >= 4 is 21.6 Å². The van der Waals surface area contributed by atoms with E-state index < -0.39 is 21.1 Å². The molecule has 2 aromatic rings. The number of carbonyl (C=O) groups excluding carboxylic acids is 1. The second-order valence-corrected chi connectivity index (χ2v) is 9.95. The van der Waals surface area contributed by atoms with Crippen LogP contribution < -0.4 is 4.90 Å². The zero-order valence-electron chi connectivity index (χ0n) is 17.0. The fourth-order valence-corrected chi connectivity index (χ4v) is 6.17. The molecular weight excluding hydrogens is 405 g/mol. The van der Waals surface area contributed by atoms with Gasteiger partial charge in [-0.3, -0.25) is 4.79 Å². The van der Waals surface area contributed by atoms with Crippen LogP contribution in [0.3, 0.4) is 0 Å². The second-order valence-electron chi connectivity index (χ2n) is 7.84. The number of piperazine rings is 1. The van der Waals surface area contributed by atoms with Crippen LogP contribution in [0.5, 0.6) is 0 Å². The fourth-order valence-electron chi connectivity index (χ4n) is 4.22. The van der Waals surface area contributed by atoms with Crippen LogP contribution in [0.4, 0.5) is 10.1 Å². The van der Waals surface area contributed by atoms with Gasteiger partial charge < -0.3 is 9.80 Å². The Morgan fingerprint density at radius 2 is 1.73 bits per heavy atom. The molecule has 0 spiro atoms. The summed E-state index contributed by atoms with van der Waals surface area (Å²) in [6, 6.07) is 14.2. The van der Waals surface area contributed by atoms with Gasteiger partial charge >= 0.3 is 0 Å². The molecule has 1 unspecified atom stereocenters. The number of sulfonamides is 1. The predicted molar refractivity (Wildman–Crippen MR) is 114 cm³/mol. The Hall–Kier alpha value is -2.45. The van der Waals surface area contributed by atoms with E-state index in [1.165, 1.54) is 10.4 Å². The molecule has 0 bridgehead atoms. The lowest BCUT2D eigenvalue weighted by atomic mass is 10.1. The molecule has 0 aliphatic carbocycles. The molecule has 2 saturated heterocycles. The largest absolute Gasteiger partial charge is 0.368 e. The van der Waals surface area contributed by atoms with Crippen LogP contribution >= 0.6 is 0 Å². The van der Waals surface area contributed by atoms with Gasteiger partial charge in [0.1, 0.15) is 11.1 Å². The maximum atomic E-state index is 14.8. The van der Waals surface area contributed by atoms with Crippen molar-refractivity contribution in [3.63, 3.8) is 0 Å². The third-order valence-corrected chi connectivity index (χ3v) is 8.26. The number of hydrogen-bond acceptors (Lipinski definition) is 4. The van der Waals surface area contributed by atoms with Gasteiger partial charge in [0, 0.05) is 57.4 Å². The maximum Gasteiger partial charge on any atom is 0.221 e. The lowest BCUT2D eigenvalue weighted by molar-refractivity contribution is -0.129. The van der Waals surface area contributed by atoms with Crippen LogP contribution in [0.15, 0.2) is 48.5 Å². The zero-order valence-corrected chi connectivity index (χ0v) is 17.8. The van der Waals surface area contributed by atoms with E-state index in [1.54, 1.807) is 17.9 Å². The molecule has 0 aromatic heterocycles. The average molecular weight is 432 g/mol. The highest BCUT2D eigenvalue weighted by molar-refractivity contribution is 7.89. The van der Waals surface area contributed by atoms with E-state index in [-0.39, 0.29) is 12.5 Å². The average Bonchev–Trinajstić information content (AvgIpc) is 3.04. The second kappa shape index (κ2) is 8.35. The Kier molecular flexibility index (Phi) is 5.79. The molecular formula is C22H26FN3O3S. The van der Waals surface area contributed by atoms with Crippen molar-refractivity contribution in [1.29, 1.82) is 0 Å². The standard InChI is InChI=1S/C22H26FN3O3S/c1-17(27)24-11-13-25(14-12-24)20-8-7-19(21(23)15-20)16-26-10-9-22(30(26,28)29)18-5-3-2-4-6-18/h2-8,15,22H,9-14,16H2,1H3. The molecule has 2 heterocycles.